The van der Waals surface area contributed by atoms with Crippen LogP contribution < -0.4 is 10.1 Å². The van der Waals surface area contributed by atoms with Crippen LogP contribution in [0, 0.1) is 0 Å². The van der Waals surface area contributed by atoms with Gasteiger partial charge < -0.3 is 10.1 Å². The van der Waals surface area contributed by atoms with Crippen molar-refractivity contribution in [2.24, 2.45) is 0 Å². The largest absolute Gasteiger partial charge is 0.482 e. The number of hydrogen-bond donors (Lipinski definition) is 1. The van der Waals surface area contributed by atoms with Gasteiger partial charge in [0.15, 0.2) is 6.61 Å². The maximum absolute atomic E-state index is 11.8. The first-order valence-corrected chi connectivity index (χ1v) is 12.2. The van der Waals surface area contributed by atoms with E-state index in [1.165, 1.54) is 83.5 Å². The highest BCUT2D eigenvalue weighted by Gasteiger charge is 2.06. The summed E-state index contributed by atoms with van der Waals surface area (Å²) in [6.45, 7) is 2.95. The zero-order valence-corrected chi connectivity index (χ0v) is 19.6. The molecule has 0 unspecified atom stereocenters. The standard InChI is InChI=1S/C24H39Cl2NO2/c1-2-3-4-5-6-7-8-9-10-11-12-13-14-15-18-27-24(28)20-29-23-17-16-21(25)19-22(23)26/h16-17,19H,2-15,18,20H2,1H3,(H,27,28). The number of ether oxygens (including phenoxy) is 1. The topological polar surface area (TPSA) is 38.3 Å². The SMILES string of the molecule is CCCCCCCCCCCCCCCCNC(=O)COc1ccc(Cl)cc1Cl. The predicted molar refractivity (Wildman–Crippen MR) is 125 cm³/mol. The first-order chi connectivity index (χ1) is 14.1. The molecule has 0 aliphatic heterocycles. The molecule has 0 spiro atoms. The van der Waals surface area contributed by atoms with Gasteiger partial charge in [-0.1, -0.05) is 114 Å². The Morgan fingerprint density at radius 2 is 1.34 bits per heavy atom. The fourth-order valence-electron chi connectivity index (χ4n) is 3.33. The maximum Gasteiger partial charge on any atom is 0.257 e. The summed E-state index contributed by atoms with van der Waals surface area (Å²) in [6, 6.07) is 4.96. The second kappa shape index (κ2) is 17.9. The summed E-state index contributed by atoms with van der Waals surface area (Å²) in [6.07, 6.45) is 18.7. The molecule has 0 saturated heterocycles. The lowest BCUT2D eigenvalue weighted by atomic mass is 10.0. The molecule has 0 aliphatic carbocycles. The van der Waals surface area contributed by atoms with E-state index in [1.54, 1.807) is 18.2 Å². The van der Waals surface area contributed by atoms with Crippen LogP contribution in [0.25, 0.3) is 0 Å². The van der Waals surface area contributed by atoms with Gasteiger partial charge in [0.1, 0.15) is 5.75 Å². The first kappa shape index (κ1) is 26.1. The third-order valence-corrected chi connectivity index (χ3v) is 5.64. The number of carbonyl (C=O) groups is 1. The molecule has 1 aromatic carbocycles. The molecule has 166 valence electrons. The number of carbonyl (C=O) groups excluding carboxylic acids is 1. The summed E-state index contributed by atoms with van der Waals surface area (Å²) >= 11 is 11.9. The Labute approximate surface area is 187 Å². The fraction of sp³-hybridized carbons (Fsp3) is 0.708. The Kier molecular flexibility index (Phi) is 16.1. The Bertz CT molecular complexity index is 552. The fourth-order valence-corrected chi connectivity index (χ4v) is 3.80. The van der Waals surface area contributed by atoms with E-state index in [9.17, 15) is 4.79 Å². The summed E-state index contributed by atoms with van der Waals surface area (Å²) in [5, 5.41) is 3.85. The molecule has 0 bridgehead atoms. The minimum absolute atomic E-state index is 0.0278. The second-order valence-electron chi connectivity index (χ2n) is 7.81. The van der Waals surface area contributed by atoms with Crippen molar-refractivity contribution in [2.45, 2.75) is 96.8 Å². The number of benzene rings is 1. The smallest absolute Gasteiger partial charge is 0.257 e. The summed E-state index contributed by atoms with van der Waals surface area (Å²) in [5.41, 5.74) is 0. The third-order valence-electron chi connectivity index (χ3n) is 5.11. The van der Waals surface area contributed by atoms with Crippen LogP contribution in [0.5, 0.6) is 5.75 Å². The molecule has 1 rings (SSSR count). The molecule has 0 aliphatic rings. The maximum atomic E-state index is 11.8. The van der Waals surface area contributed by atoms with Gasteiger partial charge in [-0.15, -0.1) is 0 Å². The van der Waals surface area contributed by atoms with Crippen LogP contribution >= 0.6 is 23.2 Å². The Morgan fingerprint density at radius 3 is 1.86 bits per heavy atom. The minimum Gasteiger partial charge on any atom is -0.482 e. The highest BCUT2D eigenvalue weighted by atomic mass is 35.5. The molecule has 0 aromatic heterocycles. The zero-order chi connectivity index (χ0) is 21.2. The monoisotopic (exact) mass is 443 g/mol. The Morgan fingerprint density at radius 1 is 0.828 bits per heavy atom. The van der Waals surface area contributed by atoms with E-state index in [2.05, 4.69) is 12.2 Å². The van der Waals surface area contributed by atoms with Crippen LogP contribution in [-0.2, 0) is 4.79 Å². The summed E-state index contributed by atoms with van der Waals surface area (Å²) in [7, 11) is 0. The van der Waals surface area contributed by atoms with Crippen LogP contribution in [0.4, 0.5) is 0 Å². The number of amides is 1. The zero-order valence-electron chi connectivity index (χ0n) is 18.1. The Balaban J connectivity index is 1.85. The molecular formula is C24H39Cl2NO2. The number of hydrogen-bond acceptors (Lipinski definition) is 2. The van der Waals surface area contributed by atoms with Gasteiger partial charge in [-0.3, -0.25) is 4.79 Å². The number of rotatable bonds is 18. The van der Waals surface area contributed by atoms with Crippen molar-refractivity contribution in [1.29, 1.82) is 0 Å². The normalized spacial score (nSPS) is 10.9. The molecular weight excluding hydrogens is 405 g/mol. The van der Waals surface area contributed by atoms with Crippen LogP contribution in [0.15, 0.2) is 18.2 Å². The predicted octanol–water partition coefficient (Wildman–Crippen LogP) is 7.97. The first-order valence-electron chi connectivity index (χ1n) is 11.5. The Hall–Kier alpha value is -0.930. The number of unbranched alkanes of at least 4 members (excludes halogenated alkanes) is 13. The summed E-state index contributed by atoms with van der Waals surface area (Å²) in [5.74, 6) is 0.355. The van der Waals surface area contributed by atoms with Gasteiger partial charge in [0.05, 0.1) is 5.02 Å². The molecule has 1 N–H and O–H groups in total. The van der Waals surface area contributed by atoms with Gasteiger partial charge in [-0.2, -0.15) is 0 Å². The molecule has 5 heteroatoms. The van der Waals surface area contributed by atoms with Crippen LogP contribution in [-0.4, -0.2) is 19.1 Å². The van der Waals surface area contributed by atoms with Crippen molar-refractivity contribution in [3.63, 3.8) is 0 Å². The summed E-state index contributed by atoms with van der Waals surface area (Å²) in [4.78, 5) is 11.8. The highest BCUT2D eigenvalue weighted by Crippen LogP contribution is 2.27. The second-order valence-corrected chi connectivity index (χ2v) is 8.65. The van der Waals surface area contributed by atoms with Gasteiger partial charge >= 0.3 is 0 Å². The van der Waals surface area contributed by atoms with Crippen LogP contribution in [0.3, 0.4) is 0 Å². The molecule has 0 fully saturated rings. The van der Waals surface area contributed by atoms with Crippen molar-refractivity contribution in [3.05, 3.63) is 28.2 Å². The van der Waals surface area contributed by atoms with E-state index in [-0.39, 0.29) is 12.5 Å². The molecule has 1 aromatic rings. The van der Waals surface area contributed by atoms with Gasteiger partial charge in [0.25, 0.3) is 5.91 Å². The molecule has 1 amide bonds. The number of nitrogens with one attached hydrogen (secondary N) is 1. The van der Waals surface area contributed by atoms with Crippen LogP contribution in [0.2, 0.25) is 10.0 Å². The van der Waals surface area contributed by atoms with Gasteiger partial charge in [-0.25, -0.2) is 0 Å². The van der Waals surface area contributed by atoms with Gasteiger partial charge in [0.2, 0.25) is 0 Å². The third kappa shape index (κ3) is 14.7. The van der Waals surface area contributed by atoms with E-state index in [4.69, 9.17) is 27.9 Å². The van der Waals surface area contributed by atoms with Gasteiger partial charge in [0, 0.05) is 11.6 Å². The van der Waals surface area contributed by atoms with Crippen molar-refractivity contribution >= 4 is 29.1 Å². The molecule has 0 radical (unpaired) electrons. The highest BCUT2D eigenvalue weighted by molar-refractivity contribution is 6.35. The van der Waals surface area contributed by atoms with E-state index < -0.39 is 0 Å². The van der Waals surface area contributed by atoms with E-state index >= 15 is 0 Å². The van der Waals surface area contributed by atoms with Crippen molar-refractivity contribution in [1.82, 2.24) is 5.32 Å². The lowest BCUT2D eigenvalue weighted by Gasteiger charge is -2.09. The van der Waals surface area contributed by atoms with E-state index in [0.717, 1.165) is 6.42 Å². The lowest BCUT2D eigenvalue weighted by molar-refractivity contribution is -0.123. The van der Waals surface area contributed by atoms with Crippen molar-refractivity contribution < 1.29 is 9.53 Å². The van der Waals surface area contributed by atoms with Gasteiger partial charge in [-0.05, 0) is 24.6 Å². The lowest BCUT2D eigenvalue weighted by Crippen LogP contribution is -2.29. The van der Waals surface area contributed by atoms with Crippen molar-refractivity contribution in [3.8, 4) is 5.75 Å². The van der Waals surface area contributed by atoms with E-state index in [0.29, 0.717) is 22.3 Å². The number of halogens is 2. The molecule has 29 heavy (non-hydrogen) atoms. The molecule has 3 nitrogen and oxygen atoms in total. The molecule has 0 heterocycles. The van der Waals surface area contributed by atoms with Crippen molar-refractivity contribution in [2.75, 3.05) is 13.2 Å². The minimum atomic E-state index is -0.120. The average Bonchev–Trinajstić information content (AvgIpc) is 2.70. The quantitative estimate of drug-likeness (QED) is 0.233. The summed E-state index contributed by atoms with van der Waals surface area (Å²) < 4.78 is 5.43. The molecule has 0 saturated carbocycles. The van der Waals surface area contributed by atoms with E-state index in [1.807, 2.05) is 0 Å². The average molecular weight is 444 g/mol. The molecule has 0 atom stereocenters. The van der Waals surface area contributed by atoms with Crippen LogP contribution in [0.1, 0.15) is 96.8 Å².